The number of nitrogens with one attached hydrogen (secondary N) is 1. The molecule has 1 aromatic heterocycles. The van der Waals surface area contributed by atoms with Gasteiger partial charge in [0.15, 0.2) is 0 Å². The lowest BCUT2D eigenvalue weighted by Gasteiger charge is -2.31. The van der Waals surface area contributed by atoms with Gasteiger partial charge in [0.25, 0.3) is 5.91 Å². The largest absolute Gasteiger partial charge is 0.369 e. The number of rotatable bonds is 5. The lowest BCUT2D eigenvalue weighted by Crippen LogP contribution is -2.44. The molecule has 0 saturated carbocycles. The number of carbonyl (C=O) groups is 2. The molecule has 2 amide bonds. The summed E-state index contributed by atoms with van der Waals surface area (Å²) < 4.78 is 0. The predicted molar refractivity (Wildman–Crippen MR) is 104 cm³/mol. The van der Waals surface area contributed by atoms with E-state index in [1.165, 1.54) is 0 Å². The molecular formula is C20H25N5O2. The molecule has 1 fully saturated rings. The maximum absolute atomic E-state index is 12.7. The second kappa shape index (κ2) is 8.16. The Labute approximate surface area is 159 Å². The van der Waals surface area contributed by atoms with Crippen LogP contribution in [0.3, 0.4) is 0 Å². The van der Waals surface area contributed by atoms with Crippen LogP contribution in [-0.4, -0.2) is 46.0 Å². The second-order valence-electron chi connectivity index (χ2n) is 7.17. The minimum Gasteiger partial charge on any atom is -0.369 e. The van der Waals surface area contributed by atoms with Crippen molar-refractivity contribution in [2.45, 2.75) is 32.7 Å². The molecular weight excluding hydrogens is 342 g/mol. The molecule has 1 atom stereocenters. The first kappa shape index (κ1) is 18.8. The molecule has 0 unspecified atom stereocenters. The summed E-state index contributed by atoms with van der Waals surface area (Å²) in [5.41, 5.74) is 7.63. The van der Waals surface area contributed by atoms with Gasteiger partial charge < -0.3 is 16.0 Å². The van der Waals surface area contributed by atoms with Crippen molar-refractivity contribution in [1.82, 2.24) is 15.1 Å². The van der Waals surface area contributed by atoms with Gasteiger partial charge in [-0.15, -0.1) is 10.2 Å². The van der Waals surface area contributed by atoms with E-state index in [9.17, 15) is 9.59 Å². The van der Waals surface area contributed by atoms with E-state index in [1.54, 1.807) is 17.0 Å². The Bertz CT molecular complexity index is 802. The van der Waals surface area contributed by atoms with Crippen LogP contribution in [0.2, 0.25) is 0 Å². The van der Waals surface area contributed by atoms with Crippen molar-refractivity contribution in [2.24, 2.45) is 11.7 Å². The summed E-state index contributed by atoms with van der Waals surface area (Å²) in [6.45, 7) is 5.13. The van der Waals surface area contributed by atoms with Gasteiger partial charge in [-0.05, 0) is 51.0 Å². The highest BCUT2D eigenvalue weighted by atomic mass is 16.2. The number of aromatic nitrogens is 2. The molecule has 1 aliphatic heterocycles. The fourth-order valence-corrected chi connectivity index (χ4v) is 3.22. The van der Waals surface area contributed by atoms with Crippen LogP contribution in [0.25, 0.3) is 11.3 Å². The van der Waals surface area contributed by atoms with Crippen molar-refractivity contribution in [2.75, 3.05) is 18.4 Å². The van der Waals surface area contributed by atoms with Gasteiger partial charge in [0.1, 0.15) is 5.82 Å². The summed E-state index contributed by atoms with van der Waals surface area (Å²) in [7, 11) is 0. The first-order valence-corrected chi connectivity index (χ1v) is 9.23. The van der Waals surface area contributed by atoms with E-state index in [1.807, 2.05) is 38.1 Å². The summed E-state index contributed by atoms with van der Waals surface area (Å²) in [5.74, 6) is 0.0664. The molecule has 0 spiro atoms. The summed E-state index contributed by atoms with van der Waals surface area (Å²) in [5, 5.41) is 11.6. The predicted octanol–water partition coefficient (Wildman–Crippen LogP) is 2.30. The smallest absolute Gasteiger partial charge is 0.253 e. The Hall–Kier alpha value is -2.96. The summed E-state index contributed by atoms with van der Waals surface area (Å²) in [6.07, 6.45) is 1.54. The van der Waals surface area contributed by atoms with Gasteiger partial charge in [-0.3, -0.25) is 9.59 Å². The van der Waals surface area contributed by atoms with Crippen LogP contribution in [0, 0.1) is 5.92 Å². The highest BCUT2D eigenvalue weighted by Gasteiger charge is 2.27. The van der Waals surface area contributed by atoms with Gasteiger partial charge >= 0.3 is 0 Å². The maximum Gasteiger partial charge on any atom is 0.253 e. The lowest BCUT2D eigenvalue weighted by atomic mass is 9.96. The Morgan fingerprint density at radius 1 is 1.15 bits per heavy atom. The molecule has 0 bridgehead atoms. The van der Waals surface area contributed by atoms with Crippen molar-refractivity contribution in [3.05, 3.63) is 42.0 Å². The third kappa shape index (κ3) is 4.61. The van der Waals surface area contributed by atoms with Gasteiger partial charge in [0.05, 0.1) is 11.6 Å². The molecule has 7 heteroatoms. The van der Waals surface area contributed by atoms with Crippen molar-refractivity contribution in [1.29, 1.82) is 0 Å². The van der Waals surface area contributed by atoms with E-state index < -0.39 is 0 Å². The maximum atomic E-state index is 12.7. The Balaban J connectivity index is 1.69. The number of benzene rings is 1. The van der Waals surface area contributed by atoms with Gasteiger partial charge in [-0.1, -0.05) is 12.1 Å². The van der Waals surface area contributed by atoms with Crippen LogP contribution >= 0.6 is 0 Å². The number of hydrogen-bond donors (Lipinski definition) is 2. The zero-order chi connectivity index (χ0) is 19.4. The molecule has 142 valence electrons. The number of likely N-dealkylation sites (tertiary alicyclic amines) is 1. The first-order chi connectivity index (χ1) is 12.9. The third-order valence-electron chi connectivity index (χ3n) is 4.64. The van der Waals surface area contributed by atoms with E-state index in [0.29, 0.717) is 24.7 Å². The van der Waals surface area contributed by atoms with Crippen molar-refractivity contribution in [3.8, 4) is 11.3 Å². The van der Waals surface area contributed by atoms with Gasteiger partial charge in [0, 0.05) is 30.3 Å². The van der Waals surface area contributed by atoms with E-state index in [0.717, 1.165) is 29.9 Å². The molecule has 2 heterocycles. The van der Waals surface area contributed by atoms with Crippen molar-refractivity contribution >= 4 is 17.6 Å². The van der Waals surface area contributed by atoms with Crippen LogP contribution in [0.15, 0.2) is 36.4 Å². The number of amides is 2. The van der Waals surface area contributed by atoms with E-state index in [2.05, 4.69) is 15.5 Å². The van der Waals surface area contributed by atoms with Crippen LogP contribution in [0.4, 0.5) is 5.82 Å². The molecule has 27 heavy (non-hydrogen) atoms. The quantitative estimate of drug-likeness (QED) is 0.844. The number of anilines is 1. The number of nitrogens with zero attached hydrogens (tertiary/aromatic N) is 3. The SMILES string of the molecule is CC(C)Nc1ccc(-c2ccc(C(=O)N3CCC[C@@H](C(N)=O)C3)cc2)nn1. The fourth-order valence-electron chi connectivity index (χ4n) is 3.22. The van der Waals surface area contributed by atoms with Crippen LogP contribution in [0.1, 0.15) is 37.0 Å². The van der Waals surface area contributed by atoms with Crippen molar-refractivity contribution < 1.29 is 9.59 Å². The monoisotopic (exact) mass is 367 g/mol. The molecule has 1 aliphatic rings. The highest BCUT2D eigenvalue weighted by molar-refractivity contribution is 5.95. The highest BCUT2D eigenvalue weighted by Crippen LogP contribution is 2.21. The summed E-state index contributed by atoms with van der Waals surface area (Å²) >= 11 is 0. The van der Waals surface area contributed by atoms with Crippen LogP contribution in [0.5, 0.6) is 0 Å². The zero-order valence-corrected chi connectivity index (χ0v) is 15.7. The third-order valence-corrected chi connectivity index (χ3v) is 4.64. The van der Waals surface area contributed by atoms with E-state index in [4.69, 9.17) is 5.73 Å². The molecule has 1 aromatic carbocycles. The second-order valence-corrected chi connectivity index (χ2v) is 7.17. The molecule has 0 aliphatic carbocycles. The molecule has 2 aromatic rings. The summed E-state index contributed by atoms with van der Waals surface area (Å²) in [6, 6.07) is 11.4. The van der Waals surface area contributed by atoms with Crippen molar-refractivity contribution in [3.63, 3.8) is 0 Å². The Morgan fingerprint density at radius 2 is 1.89 bits per heavy atom. The molecule has 1 saturated heterocycles. The normalized spacial score (nSPS) is 17.0. The molecule has 3 N–H and O–H groups in total. The number of piperidine rings is 1. The number of hydrogen-bond acceptors (Lipinski definition) is 5. The minimum absolute atomic E-state index is 0.0740. The molecule has 7 nitrogen and oxygen atoms in total. The van der Waals surface area contributed by atoms with Crippen LogP contribution < -0.4 is 11.1 Å². The topological polar surface area (TPSA) is 101 Å². The Morgan fingerprint density at radius 3 is 2.48 bits per heavy atom. The van der Waals surface area contributed by atoms with Gasteiger partial charge in [0.2, 0.25) is 5.91 Å². The molecule has 3 rings (SSSR count). The van der Waals surface area contributed by atoms with E-state index >= 15 is 0 Å². The fraction of sp³-hybridized carbons (Fsp3) is 0.400. The number of primary amides is 1. The number of nitrogens with two attached hydrogens (primary N) is 1. The Kier molecular flexibility index (Phi) is 5.69. The number of carbonyl (C=O) groups excluding carboxylic acids is 2. The van der Waals surface area contributed by atoms with Crippen LogP contribution in [-0.2, 0) is 4.79 Å². The average molecular weight is 367 g/mol. The minimum atomic E-state index is -0.336. The standard InChI is InChI=1S/C20H25N5O2/c1-13(2)22-18-10-9-17(23-24-18)14-5-7-15(8-6-14)20(27)25-11-3-4-16(12-25)19(21)26/h5-10,13,16H,3-4,11-12H2,1-2H3,(H2,21,26)(H,22,24)/t16-/m1/s1. The first-order valence-electron chi connectivity index (χ1n) is 9.23. The van der Waals surface area contributed by atoms with Gasteiger partial charge in [-0.25, -0.2) is 0 Å². The molecule has 0 radical (unpaired) electrons. The summed E-state index contributed by atoms with van der Waals surface area (Å²) in [4.78, 5) is 25.8. The van der Waals surface area contributed by atoms with Gasteiger partial charge in [-0.2, -0.15) is 0 Å². The lowest BCUT2D eigenvalue weighted by molar-refractivity contribution is -0.123. The zero-order valence-electron chi connectivity index (χ0n) is 15.7. The van der Waals surface area contributed by atoms with E-state index in [-0.39, 0.29) is 17.7 Å². The average Bonchev–Trinajstić information content (AvgIpc) is 2.68.